The number of aromatic nitrogens is 2. The lowest BCUT2D eigenvalue weighted by molar-refractivity contribution is -0.132. The Morgan fingerprint density at radius 3 is 2.41 bits per heavy atom. The second-order valence-electron chi connectivity index (χ2n) is 4.15. The minimum atomic E-state index is -0.422. The highest BCUT2D eigenvalue weighted by molar-refractivity contribution is 5.81. The number of rotatable bonds is 2. The minimum Gasteiger partial charge on any atom is -0.338 e. The standard InChI is InChI=1S/C11H17N5O/c1-9(12)10(17)15-5-7-16(8-6-15)11-13-3-2-4-14-11/h2-4,9H,5-8,12H2,1H3/t9-/m1/s1. The fourth-order valence-corrected chi connectivity index (χ4v) is 1.87. The van der Waals surface area contributed by atoms with Crippen LogP contribution in [0.3, 0.4) is 0 Å². The van der Waals surface area contributed by atoms with Crippen LogP contribution in [-0.2, 0) is 4.79 Å². The monoisotopic (exact) mass is 235 g/mol. The predicted molar refractivity (Wildman–Crippen MR) is 64.5 cm³/mol. The van der Waals surface area contributed by atoms with E-state index in [9.17, 15) is 4.79 Å². The molecule has 0 unspecified atom stereocenters. The van der Waals surface area contributed by atoms with Gasteiger partial charge in [-0.1, -0.05) is 0 Å². The van der Waals surface area contributed by atoms with Crippen LogP contribution in [0.5, 0.6) is 0 Å². The molecule has 6 nitrogen and oxygen atoms in total. The highest BCUT2D eigenvalue weighted by Gasteiger charge is 2.23. The van der Waals surface area contributed by atoms with Gasteiger partial charge < -0.3 is 15.5 Å². The first-order valence-corrected chi connectivity index (χ1v) is 5.75. The molecule has 0 bridgehead atoms. The molecule has 1 saturated heterocycles. The third-order valence-electron chi connectivity index (χ3n) is 2.82. The van der Waals surface area contributed by atoms with Crippen molar-refractivity contribution in [3.8, 4) is 0 Å². The Morgan fingerprint density at radius 1 is 1.29 bits per heavy atom. The number of nitrogens with zero attached hydrogens (tertiary/aromatic N) is 4. The average Bonchev–Trinajstić information content (AvgIpc) is 2.39. The summed E-state index contributed by atoms with van der Waals surface area (Å²) in [6, 6.07) is 1.37. The summed E-state index contributed by atoms with van der Waals surface area (Å²) in [5.74, 6) is 0.735. The van der Waals surface area contributed by atoms with E-state index in [1.807, 2.05) is 0 Å². The Balaban J connectivity index is 1.93. The number of nitrogens with two attached hydrogens (primary N) is 1. The number of carbonyl (C=O) groups excluding carboxylic acids is 1. The lowest BCUT2D eigenvalue weighted by Gasteiger charge is -2.35. The molecule has 1 fully saturated rings. The van der Waals surface area contributed by atoms with Gasteiger partial charge in [-0.2, -0.15) is 0 Å². The van der Waals surface area contributed by atoms with Gasteiger partial charge in [0.25, 0.3) is 0 Å². The molecule has 0 radical (unpaired) electrons. The summed E-state index contributed by atoms with van der Waals surface area (Å²) in [7, 11) is 0. The van der Waals surface area contributed by atoms with Crippen molar-refractivity contribution in [3.05, 3.63) is 18.5 Å². The SMILES string of the molecule is C[C@@H](N)C(=O)N1CCN(c2ncccn2)CC1. The van der Waals surface area contributed by atoms with Crippen molar-refractivity contribution in [1.29, 1.82) is 0 Å². The van der Waals surface area contributed by atoms with E-state index in [0.717, 1.165) is 19.0 Å². The molecule has 6 heteroatoms. The van der Waals surface area contributed by atoms with Crippen molar-refractivity contribution in [2.75, 3.05) is 31.1 Å². The van der Waals surface area contributed by atoms with Gasteiger partial charge in [0.15, 0.2) is 0 Å². The van der Waals surface area contributed by atoms with E-state index in [-0.39, 0.29) is 5.91 Å². The molecule has 1 aliphatic heterocycles. The van der Waals surface area contributed by atoms with Crippen LogP contribution in [0.1, 0.15) is 6.92 Å². The zero-order valence-electron chi connectivity index (χ0n) is 9.91. The molecule has 1 aromatic rings. The second-order valence-corrected chi connectivity index (χ2v) is 4.15. The van der Waals surface area contributed by atoms with E-state index in [1.165, 1.54) is 0 Å². The Bertz CT molecular complexity index is 373. The van der Waals surface area contributed by atoms with Gasteiger partial charge in [-0.3, -0.25) is 4.79 Å². The van der Waals surface area contributed by atoms with E-state index >= 15 is 0 Å². The van der Waals surface area contributed by atoms with E-state index in [1.54, 1.807) is 30.3 Å². The predicted octanol–water partition coefficient (Wildman–Crippen LogP) is -0.528. The van der Waals surface area contributed by atoms with Crippen LogP contribution in [0, 0.1) is 0 Å². The Morgan fingerprint density at radius 2 is 1.88 bits per heavy atom. The van der Waals surface area contributed by atoms with Gasteiger partial charge in [0.2, 0.25) is 11.9 Å². The number of hydrogen-bond donors (Lipinski definition) is 1. The van der Waals surface area contributed by atoms with E-state index < -0.39 is 6.04 Å². The van der Waals surface area contributed by atoms with Crippen molar-refractivity contribution in [1.82, 2.24) is 14.9 Å². The zero-order chi connectivity index (χ0) is 12.3. The average molecular weight is 235 g/mol. The van der Waals surface area contributed by atoms with Crippen LogP contribution in [0.15, 0.2) is 18.5 Å². The summed E-state index contributed by atoms with van der Waals surface area (Å²) in [5.41, 5.74) is 5.58. The smallest absolute Gasteiger partial charge is 0.239 e. The van der Waals surface area contributed by atoms with Gasteiger partial charge in [-0.05, 0) is 13.0 Å². The summed E-state index contributed by atoms with van der Waals surface area (Å²) in [4.78, 5) is 24.0. The number of amides is 1. The van der Waals surface area contributed by atoms with Gasteiger partial charge in [-0.25, -0.2) is 9.97 Å². The molecule has 92 valence electrons. The van der Waals surface area contributed by atoms with E-state index in [4.69, 9.17) is 5.73 Å². The molecule has 2 rings (SSSR count). The first-order chi connectivity index (χ1) is 8.18. The molecule has 17 heavy (non-hydrogen) atoms. The molecular formula is C11H17N5O. The maximum atomic E-state index is 11.7. The summed E-state index contributed by atoms with van der Waals surface area (Å²) < 4.78 is 0. The minimum absolute atomic E-state index is 0.0126. The maximum absolute atomic E-state index is 11.7. The Labute approximate surface area is 100 Å². The van der Waals surface area contributed by atoms with Crippen LogP contribution in [0.2, 0.25) is 0 Å². The number of piperazine rings is 1. The topological polar surface area (TPSA) is 75.4 Å². The van der Waals surface area contributed by atoms with Crippen molar-refractivity contribution in [3.63, 3.8) is 0 Å². The van der Waals surface area contributed by atoms with Crippen molar-refractivity contribution in [2.24, 2.45) is 5.73 Å². The maximum Gasteiger partial charge on any atom is 0.239 e. The fraction of sp³-hybridized carbons (Fsp3) is 0.545. The van der Waals surface area contributed by atoms with Crippen LogP contribution in [0.4, 0.5) is 5.95 Å². The Hall–Kier alpha value is -1.69. The molecule has 0 spiro atoms. The highest BCUT2D eigenvalue weighted by Crippen LogP contribution is 2.09. The molecule has 1 amide bonds. The lowest BCUT2D eigenvalue weighted by Crippen LogP contribution is -2.52. The molecule has 0 saturated carbocycles. The first kappa shape index (κ1) is 11.8. The molecule has 2 N–H and O–H groups in total. The lowest BCUT2D eigenvalue weighted by atomic mass is 10.2. The van der Waals surface area contributed by atoms with E-state index in [2.05, 4.69) is 14.9 Å². The third-order valence-corrected chi connectivity index (χ3v) is 2.82. The largest absolute Gasteiger partial charge is 0.338 e. The summed E-state index contributed by atoms with van der Waals surface area (Å²) in [6.45, 7) is 4.58. The summed E-state index contributed by atoms with van der Waals surface area (Å²) >= 11 is 0. The van der Waals surface area contributed by atoms with Crippen molar-refractivity contribution < 1.29 is 4.79 Å². The summed E-state index contributed by atoms with van der Waals surface area (Å²) in [6.07, 6.45) is 3.45. The molecule has 1 aromatic heterocycles. The first-order valence-electron chi connectivity index (χ1n) is 5.75. The molecule has 1 atom stereocenters. The quantitative estimate of drug-likeness (QED) is 0.746. The number of carbonyl (C=O) groups is 1. The van der Waals surface area contributed by atoms with Crippen LogP contribution in [0.25, 0.3) is 0 Å². The van der Waals surface area contributed by atoms with Crippen LogP contribution >= 0.6 is 0 Å². The van der Waals surface area contributed by atoms with Crippen LogP contribution in [-0.4, -0.2) is 53.0 Å². The van der Waals surface area contributed by atoms with Gasteiger partial charge >= 0.3 is 0 Å². The Kier molecular flexibility index (Phi) is 3.53. The van der Waals surface area contributed by atoms with Gasteiger partial charge in [0.1, 0.15) is 0 Å². The van der Waals surface area contributed by atoms with Gasteiger partial charge in [-0.15, -0.1) is 0 Å². The van der Waals surface area contributed by atoms with Gasteiger partial charge in [0, 0.05) is 38.6 Å². The number of hydrogen-bond acceptors (Lipinski definition) is 5. The number of anilines is 1. The third kappa shape index (κ3) is 2.71. The normalized spacial score (nSPS) is 18.0. The van der Waals surface area contributed by atoms with Gasteiger partial charge in [0.05, 0.1) is 6.04 Å². The molecular weight excluding hydrogens is 218 g/mol. The van der Waals surface area contributed by atoms with Crippen LogP contribution < -0.4 is 10.6 Å². The van der Waals surface area contributed by atoms with Crippen molar-refractivity contribution >= 4 is 11.9 Å². The van der Waals surface area contributed by atoms with Crippen molar-refractivity contribution in [2.45, 2.75) is 13.0 Å². The zero-order valence-corrected chi connectivity index (χ0v) is 9.91. The molecule has 0 aromatic carbocycles. The second kappa shape index (κ2) is 5.09. The molecule has 1 aliphatic rings. The highest BCUT2D eigenvalue weighted by atomic mass is 16.2. The van der Waals surface area contributed by atoms with E-state index in [0.29, 0.717) is 13.1 Å². The fourth-order valence-electron chi connectivity index (χ4n) is 1.87. The molecule has 0 aliphatic carbocycles. The summed E-state index contributed by atoms with van der Waals surface area (Å²) in [5, 5.41) is 0. The molecule has 2 heterocycles.